The van der Waals surface area contributed by atoms with Crippen molar-refractivity contribution in [3.8, 4) is 0 Å². The summed E-state index contributed by atoms with van der Waals surface area (Å²) in [5.74, 6) is 2.18. The molecule has 1 aliphatic heterocycles. The van der Waals surface area contributed by atoms with Gasteiger partial charge in [-0.25, -0.2) is 0 Å². The van der Waals surface area contributed by atoms with E-state index >= 15 is 0 Å². The Morgan fingerprint density at radius 1 is 1.67 bits per heavy atom. The Morgan fingerprint density at radius 3 is 2.94 bits per heavy atom. The summed E-state index contributed by atoms with van der Waals surface area (Å²) in [6.07, 6.45) is 1.22. The Hall–Kier alpha value is -0.0400. The zero-order chi connectivity index (χ0) is 13.1. The molecule has 1 aromatic rings. The van der Waals surface area contributed by atoms with Crippen LogP contribution < -0.4 is 5.32 Å². The third-order valence-corrected chi connectivity index (χ3v) is 5.39. The second-order valence-corrected chi connectivity index (χ2v) is 6.50. The average molecular weight is 334 g/mol. The van der Waals surface area contributed by atoms with E-state index in [0.717, 1.165) is 34.7 Å². The van der Waals surface area contributed by atoms with E-state index in [1.165, 1.54) is 5.69 Å². The SMILES string of the molecule is CNC(Cc1c(Br)c(C)nn1C)C1CSCCO1. The van der Waals surface area contributed by atoms with E-state index in [9.17, 15) is 0 Å². The van der Waals surface area contributed by atoms with E-state index in [4.69, 9.17) is 4.74 Å². The molecule has 0 amide bonds. The van der Waals surface area contributed by atoms with Gasteiger partial charge in [0.2, 0.25) is 0 Å². The van der Waals surface area contributed by atoms with Gasteiger partial charge in [-0.3, -0.25) is 4.68 Å². The number of likely N-dealkylation sites (N-methyl/N-ethyl adjacent to an activating group) is 1. The molecule has 0 aromatic carbocycles. The van der Waals surface area contributed by atoms with Crippen LogP contribution in [-0.4, -0.2) is 47.1 Å². The highest BCUT2D eigenvalue weighted by molar-refractivity contribution is 9.10. The van der Waals surface area contributed by atoms with Gasteiger partial charge in [0.1, 0.15) is 0 Å². The van der Waals surface area contributed by atoms with Crippen molar-refractivity contribution in [3.63, 3.8) is 0 Å². The number of hydrogen-bond acceptors (Lipinski definition) is 4. The second-order valence-electron chi connectivity index (χ2n) is 4.55. The maximum absolute atomic E-state index is 5.86. The van der Waals surface area contributed by atoms with Gasteiger partial charge < -0.3 is 10.1 Å². The van der Waals surface area contributed by atoms with Crippen LogP contribution in [0.15, 0.2) is 4.47 Å². The number of nitrogens with zero attached hydrogens (tertiary/aromatic N) is 2. The lowest BCUT2D eigenvalue weighted by Crippen LogP contribution is -2.45. The van der Waals surface area contributed by atoms with Crippen molar-refractivity contribution < 1.29 is 4.74 Å². The summed E-state index contributed by atoms with van der Waals surface area (Å²) in [6, 6.07) is 0.337. The highest BCUT2D eigenvalue weighted by Crippen LogP contribution is 2.24. The molecule has 6 heteroatoms. The minimum Gasteiger partial charge on any atom is -0.375 e. The van der Waals surface area contributed by atoms with Crippen molar-refractivity contribution in [1.82, 2.24) is 15.1 Å². The number of halogens is 1. The normalized spacial score (nSPS) is 22.1. The molecule has 1 aromatic heterocycles. The molecule has 0 spiro atoms. The number of nitrogens with one attached hydrogen (secondary N) is 1. The van der Waals surface area contributed by atoms with E-state index in [-0.39, 0.29) is 6.10 Å². The molecule has 0 radical (unpaired) electrons. The Balaban J connectivity index is 2.09. The zero-order valence-electron chi connectivity index (χ0n) is 11.1. The molecular weight excluding hydrogens is 314 g/mol. The van der Waals surface area contributed by atoms with Crippen LogP contribution in [0.4, 0.5) is 0 Å². The van der Waals surface area contributed by atoms with Crippen molar-refractivity contribution in [2.75, 3.05) is 25.2 Å². The predicted octanol–water partition coefficient (Wildman–Crippen LogP) is 1.75. The molecule has 2 rings (SSSR count). The van der Waals surface area contributed by atoms with E-state index in [1.54, 1.807) is 0 Å². The lowest BCUT2D eigenvalue weighted by molar-refractivity contribution is 0.0487. The molecule has 102 valence electrons. The molecule has 0 saturated carbocycles. The highest BCUT2D eigenvalue weighted by atomic mass is 79.9. The van der Waals surface area contributed by atoms with Crippen LogP contribution in [0.2, 0.25) is 0 Å². The predicted molar refractivity (Wildman–Crippen MR) is 79.3 cm³/mol. The Labute approximate surface area is 121 Å². The van der Waals surface area contributed by atoms with Crippen LogP contribution in [0, 0.1) is 6.92 Å². The van der Waals surface area contributed by atoms with Gasteiger partial charge in [-0.1, -0.05) is 0 Å². The van der Waals surface area contributed by atoms with Crippen molar-refractivity contribution in [1.29, 1.82) is 0 Å². The first kappa shape index (κ1) is 14.4. The third kappa shape index (κ3) is 3.10. The second kappa shape index (κ2) is 6.41. The largest absolute Gasteiger partial charge is 0.375 e. The molecule has 1 N–H and O–H groups in total. The van der Waals surface area contributed by atoms with E-state index in [0.29, 0.717) is 6.04 Å². The maximum Gasteiger partial charge on any atom is 0.0822 e. The standard InChI is InChI=1S/C12H20BrN3OS/c1-8-12(13)10(16(3)15-8)6-9(14-2)11-7-18-5-4-17-11/h9,11,14H,4-7H2,1-3H3. The van der Waals surface area contributed by atoms with Crippen molar-refractivity contribution in [2.24, 2.45) is 7.05 Å². The summed E-state index contributed by atoms with van der Waals surface area (Å²) >= 11 is 5.60. The minimum absolute atomic E-state index is 0.288. The first-order chi connectivity index (χ1) is 8.63. The molecule has 4 nitrogen and oxygen atoms in total. The van der Waals surface area contributed by atoms with Gasteiger partial charge in [-0.2, -0.15) is 16.9 Å². The molecule has 1 aliphatic rings. The van der Waals surface area contributed by atoms with Crippen LogP contribution in [0.3, 0.4) is 0 Å². The van der Waals surface area contributed by atoms with Gasteiger partial charge in [0, 0.05) is 31.0 Å². The monoisotopic (exact) mass is 333 g/mol. The smallest absolute Gasteiger partial charge is 0.0822 e. The van der Waals surface area contributed by atoms with E-state index in [1.807, 2.05) is 37.5 Å². The Morgan fingerprint density at radius 2 is 2.44 bits per heavy atom. The maximum atomic E-state index is 5.86. The quantitative estimate of drug-likeness (QED) is 0.911. The van der Waals surface area contributed by atoms with Crippen LogP contribution >= 0.6 is 27.7 Å². The summed E-state index contributed by atoms with van der Waals surface area (Å²) in [5, 5.41) is 7.82. The van der Waals surface area contributed by atoms with Gasteiger partial charge in [0.25, 0.3) is 0 Å². The molecule has 18 heavy (non-hydrogen) atoms. The fourth-order valence-corrected chi connectivity index (χ4v) is 3.71. The molecular formula is C12H20BrN3OS. The van der Waals surface area contributed by atoms with E-state index < -0.39 is 0 Å². The van der Waals surface area contributed by atoms with Gasteiger partial charge in [0.15, 0.2) is 0 Å². The van der Waals surface area contributed by atoms with Crippen LogP contribution in [0.5, 0.6) is 0 Å². The van der Waals surface area contributed by atoms with E-state index in [2.05, 4.69) is 26.3 Å². The number of rotatable bonds is 4. The third-order valence-electron chi connectivity index (χ3n) is 3.34. The molecule has 2 heterocycles. The van der Waals surface area contributed by atoms with Crippen molar-refractivity contribution >= 4 is 27.7 Å². The minimum atomic E-state index is 0.288. The molecule has 1 fully saturated rings. The molecule has 2 unspecified atom stereocenters. The highest BCUT2D eigenvalue weighted by Gasteiger charge is 2.26. The Kier molecular flexibility index (Phi) is 5.12. The number of aromatic nitrogens is 2. The van der Waals surface area contributed by atoms with Crippen LogP contribution in [0.1, 0.15) is 11.4 Å². The summed E-state index contributed by atoms with van der Waals surface area (Å²) in [4.78, 5) is 0. The summed E-state index contributed by atoms with van der Waals surface area (Å²) in [6.45, 7) is 2.88. The number of hydrogen-bond donors (Lipinski definition) is 1. The number of ether oxygens (including phenoxy) is 1. The van der Waals surface area contributed by atoms with Crippen LogP contribution in [-0.2, 0) is 18.2 Å². The molecule has 1 saturated heterocycles. The zero-order valence-corrected chi connectivity index (χ0v) is 13.5. The average Bonchev–Trinajstić information content (AvgIpc) is 2.62. The molecule has 0 bridgehead atoms. The van der Waals surface area contributed by atoms with Gasteiger partial charge in [-0.05, 0) is 29.9 Å². The first-order valence-electron chi connectivity index (χ1n) is 6.18. The lowest BCUT2D eigenvalue weighted by Gasteiger charge is -2.30. The fourth-order valence-electron chi connectivity index (χ4n) is 2.27. The van der Waals surface area contributed by atoms with Crippen molar-refractivity contribution in [3.05, 3.63) is 15.9 Å². The molecule has 0 aliphatic carbocycles. The van der Waals surface area contributed by atoms with Crippen molar-refractivity contribution in [2.45, 2.75) is 25.5 Å². The summed E-state index contributed by atoms with van der Waals surface area (Å²) in [7, 11) is 4.00. The van der Waals surface area contributed by atoms with Gasteiger partial charge in [0.05, 0.1) is 28.6 Å². The lowest BCUT2D eigenvalue weighted by atomic mass is 10.1. The Bertz CT molecular complexity index is 404. The fraction of sp³-hybridized carbons (Fsp3) is 0.750. The van der Waals surface area contributed by atoms with Gasteiger partial charge in [-0.15, -0.1) is 0 Å². The number of thioether (sulfide) groups is 1. The van der Waals surface area contributed by atoms with Crippen LogP contribution in [0.25, 0.3) is 0 Å². The number of aryl methyl sites for hydroxylation is 2. The topological polar surface area (TPSA) is 39.1 Å². The summed E-state index contributed by atoms with van der Waals surface area (Å²) in [5.41, 5.74) is 2.27. The summed E-state index contributed by atoms with van der Waals surface area (Å²) < 4.78 is 8.94. The molecule has 2 atom stereocenters. The van der Waals surface area contributed by atoms with Gasteiger partial charge >= 0.3 is 0 Å². The first-order valence-corrected chi connectivity index (χ1v) is 8.12.